The normalized spacial score (nSPS) is 29.8. The monoisotopic (exact) mass is 810 g/mol. The van der Waals surface area contributed by atoms with Gasteiger partial charge in [0.2, 0.25) is 11.4 Å². The van der Waals surface area contributed by atoms with Gasteiger partial charge in [-0.3, -0.25) is 24.5 Å². The summed E-state index contributed by atoms with van der Waals surface area (Å²) in [6.07, 6.45) is 10.5. The molecule has 4 fully saturated rings. The number of carbonyl (C=O) groups excluding carboxylic acids is 2. The zero-order valence-electron chi connectivity index (χ0n) is 33.8. The number of amides is 1. The van der Waals surface area contributed by atoms with Crippen molar-refractivity contribution in [3.05, 3.63) is 32.7 Å². The Hall–Kier alpha value is -4.54. The number of nitro benzene ring substituents is 1. The van der Waals surface area contributed by atoms with Crippen molar-refractivity contribution in [2.24, 2.45) is 51.5 Å². The summed E-state index contributed by atoms with van der Waals surface area (Å²) in [7, 11) is 0. The molecule has 10 atom stereocenters. The minimum absolute atomic E-state index is 0.0493. The van der Waals surface area contributed by atoms with Crippen LogP contribution in [0, 0.1) is 56.5 Å². The summed E-state index contributed by atoms with van der Waals surface area (Å²) in [5.74, 6) is 1.61. The van der Waals surface area contributed by atoms with E-state index >= 15 is 0 Å². The lowest BCUT2D eigenvalue weighted by Crippen LogP contribution is -2.56. The molecule has 0 radical (unpaired) electrons. The summed E-state index contributed by atoms with van der Waals surface area (Å²) in [6.45, 7) is 9.21. The van der Waals surface area contributed by atoms with E-state index in [4.69, 9.17) is 24.4 Å². The van der Waals surface area contributed by atoms with Gasteiger partial charge >= 0.3 is 17.6 Å². The molecule has 58 heavy (non-hydrogen) atoms. The molecule has 0 aliphatic heterocycles. The fraction of sp³-hybridized carbons (Fsp3) is 0.775. The molecule has 6 rings (SSSR count). The summed E-state index contributed by atoms with van der Waals surface area (Å²) < 4.78 is 20.9. The molecule has 3 N–H and O–H groups in total. The van der Waals surface area contributed by atoms with Crippen LogP contribution in [0.5, 0.6) is 0 Å². The number of anilines is 1. The Morgan fingerprint density at radius 2 is 1.74 bits per heavy atom. The molecular formula is C40H58N8O10. The number of rotatable bonds is 20. The van der Waals surface area contributed by atoms with Crippen molar-refractivity contribution in [1.29, 1.82) is 0 Å². The number of carboxylic acid groups (broad SMARTS) is 1. The van der Waals surface area contributed by atoms with Crippen LogP contribution < -0.4 is 10.6 Å². The first-order chi connectivity index (χ1) is 27.9. The minimum atomic E-state index is -1.16. The molecule has 4 unspecified atom stereocenters. The molecule has 1 aromatic carbocycles. The Morgan fingerprint density at radius 1 is 1.02 bits per heavy atom. The van der Waals surface area contributed by atoms with Gasteiger partial charge in [-0.25, -0.2) is 4.63 Å². The number of nitro groups is 1. The lowest BCUT2D eigenvalue weighted by atomic mass is 9.44. The summed E-state index contributed by atoms with van der Waals surface area (Å²) >= 11 is 0. The Labute approximate surface area is 337 Å². The average molecular weight is 811 g/mol. The smallest absolute Gasteiger partial charge is 0.305 e. The summed E-state index contributed by atoms with van der Waals surface area (Å²) in [5, 5.41) is 38.0. The average Bonchev–Trinajstić information content (AvgIpc) is 3.83. The van der Waals surface area contributed by atoms with Crippen molar-refractivity contribution in [3.63, 3.8) is 0 Å². The van der Waals surface area contributed by atoms with Crippen LogP contribution in [0.4, 0.5) is 11.4 Å². The molecule has 1 aromatic heterocycles. The van der Waals surface area contributed by atoms with Gasteiger partial charge in [-0.05, 0) is 132 Å². The van der Waals surface area contributed by atoms with Gasteiger partial charge in [-0.2, -0.15) is 0 Å². The van der Waals surface area contributed by atoms with E-state index in [-0.39, 0.29) is 58.4 Å². The first-order valence-electron chi connectivity index (χ1n) is 20.9. The molecule has 18 heteroatoms. The third kappa shape index (κ3) is 9.50. The molecular weight excluding hydrogens is 752 g/mol. The van der Waals surface area contributed by atoms with E-state index in [1.54, 1.807) is 0 Å². The number of carboxylic acids is 1. The molecule has 0 saturated heterocycles. The second kappa shape index (κ2) is 19.0. The van der Waals surface area contributed by atoms with Crippen LogP contribution >= 0.6 is 0 Å². The van der Waals surface area contributed by atoms with Gasteiger partial charge in [0.1, 0.15) is 12.6 Å². The van der Waals surface area contributed by atoms with Crippen LogP contribution in [0.25, 0.3) is 21.5 Å². The third-order valence-corrected chi connectivity index (χ3v) is 14.5. The van der Waals surface area contributed by atoms with E-state index in [0.717, 1.165) is 32.1 Å². The number of carbonyl (C=O) groups is 3. The molecule has 4 aliphatic carbocycles. The van der Waals surface area contributed by atoms with E-state index in [2.05, 4.69) is 51.7 Å². The summed E-state index contributed by atoms with van der Waals surface area (Å²) in [4.78, 5) is 51.6. The van der Waals surface area contributed by atoms with Gasteiger partial charge in [0, 0.05) is 30.0 Å². The number of non-ortho nitro benzene ring substituents is 1. The molecule has 4 saturated carbocycles. The van der Waals surface area contributed by atoms with Crippen molar-refractivity contribution in [1.82, 2.24) is 15.6 Å². The Balaban J connectivity index is 0.977. The maximum absolute atomic E-state index is 13.7. The van der Waals surface area contributed by atoms with E-state index < -0.39 is 29.3 Å². The molecule has 0 spiro atoms. The Morgan fingerprint density at radius 3 is 2.50 bits per heavy atom. The number of benzene rings is 1. The number of nitrogens with one attached hydrogen (secondary N) is 2. The lowest BCUT2D eigenvalue weighted by Gasteiger charge is -2.61. The van der Waals surface area contributed by atoms with Crippen molar-refractivity contribution < 1.29 is 43.3 Å². The molecule has 4 aliphatic rings. The van der Waals surface area contributed by atoms with Gasteiger partial charge in [0.05, 0.1) is 43.5 Å². The fourth-order valence-corrected chi connectivity index (χ4v) is 11.7. The van der Waals surface area contributed by atoms with Crippen molar-refractivity contribution in [2.75, 3.05) is 44.9 Å². The van der Waals surface area contributed by atoms with E-state index in [0.29, 0.717) is 68.4 Å². The van der Waals surface area contributed by atoms with Crippen LogP contribution in [0.3, 0.4) is 0 Å². The van der Waals surface area contributed by atoms with Gasteiger partial charge in [0.15, 0.2) is 5.52 Å². The maximum Gasteiger partial charge on any atom is 0.305 e. The topological polar surface area (TPSA) is 254 Å². The number of fused-ring (bicyclic) bond motifs is 6. The number of aromatic nitrogens is 2. The van der Waals surface area contributed by atoms with Crippen LogP contribution in [0.15, 0.2) is 21.9 Å². The number of hydrogen-bond donors (Lipinski definition) is 3. The third-order valence-electron chi connectivity index (χ3n) is 14.5. The highest BCUT2D eigenvalue weighted by atomic mass is 16.6. The summed E-state index contributed by atoms with van der Waals surface area (Å²) in [6, 6.07) is 1.39. The van der Waals surface area contributed by atoms with Crippen molar-refractivity contribution in [2.45, 2.75) is 110 Å². The number of hydrogen-bond acceptors (Lipinski definition) is 13. The highest BCUT2D eigenvalue weighted by Gasteiger charge is 2.60. The zero-order valence-corrected chi connectivity index (χ0v) is 33.8. The number of ether oxygens (including phenoxy) is 3. The Bertz CT molecular complexity index is 1840. The zero-order chi connectivity index (χ0) is 41.5. The standard InChI is InChI=1S/C40H58N8O10/c1-24(4-11-35(51)57-21-20-56-19-18-55-17-16-42-47-41)28-7-8-29-27-6-5-25-22-26(12-14-39(25,2)30(27)13-15-40(28,29)3)43-38(52)32(23-34(49)50)44-31-9-10-33(48(53)54)37-36(31)45-58-46-37/h9-10,24-30,32,44H,4-8,11-23H2,1-3H3,(H,43,52)(H,49,50)/t24-,25-,26-,27?,28?,29?,30?,32+,39+,40-/m1/s1. The van der Waals surface area contributed by atoms with Crippen molar-refractivity contribution >= 4 is 40.3 Å². The van der Waals surface area contributed by atoms with Gasteiger partial charge < -0.3 is 30.0 Å². The highest BCUT2D eigenvalue weighted by Crippen LogP contribution is 2.68. The molecule has 318 valence electrons. The van der Waals surface area contributed by atoms with Crippen LogP contribution in [-0.2, 0) is 28.6 Å². The predicted octanol–water partition coefficient (Wildman–Crippen LogP) is 6.83. The SMILES string of the molecule is C[C@H](CCC(=O)OCCOCCOCCN=[N+]=[N-])C1CCC2C3CC[C@@H]4C[C@H](NC(=O)[C@H](CC(=O)O)Nc5ccc([N+](=O)[O-])c6nonc56)CC[C@]4(C)C3CC[C@@]21C. The first-order valence-corrected chi connectivity index (χ1v) is 20.9. The number of nitrogens with zero attached hydrogens (tertiary/aromatic N) is 6. The molecule has 18 nitrogen and oxygen atoms in total. The Kier molecular flexibility index (Phi) is 14.1. The second-order valence-electron chi connectivity index (χ2n) is 17.4. The maximum atomic E-state index is 13.7. The number of aliphatic carboxylic acids is 1. The molecule has 1 amide bonds. The van der Waals surface area contributed by atoms with E-state index in [1.807, 2.05) is 0 Å². The fourth-order valence-electron chi connectivity index (χ4n) is 11.7. The molecule has 2 aromatic rings. The number of azide groups is 1. The van der Waals surface area contributed by atoms with E-state index in [9.17, 15) is 29.6 Å². The van der Waals surface area contributed by atoms with Crippen LogP contribution in [0.2, 0.25) is 0 Å². The number of esters is 1. The van der Waals surface area contributed by atoms with Crippen LogP contribution in [0.1, 0.15) is 97.8 Å². The molecule has 1 heterocycles. The second-order valence-corrected chi connectivity index (χ2v) is 17.4. The predicted molar refractivity (Wildman–Crippen MR) is 210 cm³/mol. The van der Waals surface area contributed by atoms with Gasteiger partial charge in [0.25, 0.3) is 0 Å². The van der Waals surface area contributed by atoms with Gasteiger partial charge in [-0.1, -0.05) is 25.9 Å². The first kappa shape index (κ1) is 43.0. The van der Waals surface area contributed by atoms with E-state index in [1.165, 1.54) is 44.2 Å². The molecule has 0 bridgehead atoms. The quantitative estimate of drug-likeness (QED) is 0.0236. The highest BCUT2D eigenvalue weighted by molar-refractivity contribution is 5.96. The largest absolute Gasteiger partial charge is 0.481 e. The lowest BCUT2D eigenvalue weighted by molar-refractivity contribution is -0.383. The van der Waals surface area contributed by atoms with Crippen LogP contribution in [-0.4, -0.2) is 89.9 Å². The van der Waals surface area contributed by atoms with Crippen molar-refractivity contribution in [3.8, 4) is 0 Å². The minimum Gasteiger partial charge on any atom is -0.481 e. The summed E-state index contributed by atoms with van der Waals surface area (Å²) in [5.41, 5.74) is 8.58. The van der Waals surface area contributed by atoms with Gasteiger partial charge in [-0.15, -0.1) is 0 Å².